The van der Waals surface area contributed by atoms with Gasteiger partial charge in [0, 0.05) is 30.6 Å². The predicted octanol–water partition coefficient (Wildman–Crippen LogP) is 4.69. The van der Waals surface area contributed by atoms with Crippen LogP contribution in [-0.4, -0.2) is 59.4 Å². The first-order valence-corrected chi connectivity index (χ1v) is 11.6. The highest BCUT2D eigenvalue weighted by Gasteiger charge is 2.21. The summed E-state index contributed by atoms with van der Waals surface area (Å²) in [4.78, 5) is 17.7. The van der Waals surface area contributed by atoms with Crippen molar-refractivity contribution in [2.24, 2.45) is 5.92 Å². The number of hydrogen-bond donors (Lipinski definition) is 2. The summed E-state index contributed by atoms with van der Waals surface area (Å²) >= 11 is 0. The monoisotopic (exact) mass is 502 g/mol. The van der Waals surface area contributed by atoms with E-state index in [9.17, 15) is 28.2 Å². The molecule has 3 rings (SSSR count). The van der Waals surface area contributed by atoms with Crippen molar-refractivity contribution in [2.75, 3.05) is 33.4 Å². The van der Waals surface area contributed by atoms with Crippen molar-refractivity contribution in [1.29, 1.82) is 0 Å². The minimum absolute atomic E-state index is 0.0805. The summed E-state index contributed by atoms with van der Waals surface area (Å²) in [6.07, 6.45) is 5.20. The molecule has 9 heteroatoms. The van der Waals surface area contributed by atoms with E-state index in [1.165, 1.54) is 13.2 Å². The van der Waals surface area contributed by atoms with Gasteiger partial charge < -0.3 is 14.9 Å². The van der Waals surface area contributed by atoms with E-state index in [2.05, 4.69) is 4.98 Å². The number of aliphatic hydroxyl groups is 1. The lowest BCUT2D eigenvalue weighted by Gasteiger charge is -2.24. The molecule has 6 nitrogen and oxygen atoms in total. The first kappa shape index (κ1) is 27.2. The smallest absolute Gasteiger partial charge is 0.307 e. The van der Waals surface area contributed by atoms with Gasteiger partial charge in [0.25, 0.3) is 0 Å². The van der Waals surface area contributed by atoms with Crippen molar-refractivity contribution in [1.82, 2.24) is 9.88 Å². The van der Waals surface area contributed by atoms with Crippen LogP contribution in [0.3, 0.4) is 0 Å². The Bertz CT molecular complexity index is 1220. The van der Waals surface area contributed by atoms with Crippen LogP contribution in [0.5, 0.6) is 5.75 Å². The Morgan fingerprint density at radius 2 is 1.97 bits per heavy atom. The Labute approximate surface area is 207 Å². The Kier molecular flexibility index (Phi) is 9.84. The van der Waals surface area contributed by atoms with E-state index in [1.54, 1.807) is 29.2 Å². The first-order chi connectivity index (χ1) is 17.3. The number of aryl methyl sites for hydroxylation is 1. The van der Waals surface area contributed by atoms with Crippen molar-refractivity contribution in [3.05, 3.63) is 77.2 Å². The number of carbonyl (C=O) groups is 1. The molecule has 0 spiro atoms. The fourth-order valence-electron chi connectivity index (χ4n) is 4.08. The molecule has 1 unspecified atom stereocenters. The normalized spacial score (nSPS) is 12.5. The lowest BCUT2D eigenvalue weighted by molar-refractivity contribution is -0.142. The second-order valence-electron chi connectivity index (χ2n) is 8.45. The molecule has 0 amide bonds. The number of nitrogens with zero attached hydrogens (tertiary/aromatic N) is 2. The molecule has 3 aromatic rings. The third-order valence-electron chi connectivity index (χ3n) is 5.98. The number of fused-ring (bicyclic) bond motifs is 1. The maximum atomic E-state index is 14.6. The Morgan fingerprint density at radius 1 is 1.17 bits per heavy atom. The molecule has 1 heterocycles. The molecular formula is C27H29F3N2O4. The number of aliphatic hydroxyl groups excluding tert-OH is 1. The van der Waals surface area contributed by atoms with E-state index >= 15 is 0 Å². The zero-order chi connectivity index (χ0) is 26.1. The largest absolute Gasteiger partial charge is 0.497 e. The van der Waals surface area contributed by atoms with Crippen molar-refractivity contribution in [3.63, 3.8) is 0 Å². The second kappa shape index (κ2) is 13.0. The maximum Gasteiger partial charge on any atom is 0.307 e. The zero-order valence-corrected chi connectivity index (χ0v) is 20.0. The fraction of sp³-hybridized carbons (Fsp3) is 0.333. The van der Waals surface area contributed by atoms with Crippen LogP contribution in [0, 0.1) is 23.4 Å². The molecular weight excluding hydrogens is 473 g/mol. The average Bonchev–Trinajstić information content (AvgIpc) is 2.86. The summed E-state index contributed by atoms with van der Waals surface area (Å²) in [6.45, 7) is 0.399. The van der Waals surface area contributed by atoms with Crippen molar-refractivity contribution >= 4 is 22.9 Å². The highest BCUT2D eigenvalue weighted by atomic mass is 19.1. The molecule has 36 heavy (non-hydrogen) atoms. The standard InChI is InChI=1S/C27H29F3N2O4/c1-36-21-8-10-26-23(15-21)22(25(30)16-31-26)6-2-4-19(27(34)35)17-32(12-13-33)11-3-5-18-14-20(28)7-9-24(18)29/h3,5,7-10,14-16,19,33H,2,4,6,11-13,17H2,1H3,(H,34,35). The number of carboxylic acids is 1. The van der Waals surface area contributed by atoms with Crippen LogP contribution in [0.15, 0.2) is 48.7 Å². The molecule has 192 valence electrons. The van der Waals surface area contributed by atoms with Gasteiger partial charge in [-0.25, -0.2) is 13.2 Å². The molecule has 0 aliphatic rings. The Balaban J connectivity index is 1.65. The van der Waals surface area contributed by atoms with Crippen molar-refractivity contribution in [2.45, 2.75) is 19.3 Å². The van der Waals surface area contributed by atoms with Crippen molar-refractivity contribution in [3.8, 4) is 5.75 Å². The van der Waals surface area contributed by atoms with E-state index in [1.807, 2.05) is 0 Å². The third-order valence-corrected chi connectivity index (χ3v) is 5.98. The van der Waals surface area contributed by atoms with Crippen LogP contribution in [0.25, 0.3) is 17.0 Å². The molecule has 2 aromatic carbocycles. The molecule has 2 N–H and O–H groups in total. The van der Waals surface area contributed by atoms with Gasteiger partial charge in [-0.15, -0.1) is 0 Å². The lowest BCUT2D eigenvalue weighted by atomic mass is 9.97. The molecule has 0 aliphatic heterocycles. The number of halogens is 3. The summed E-state index contributed by atoms with van der Waals surface area (Å²) < 4.78 is 47.0. The average molecular weight is 503 g/mol. The van der Waals surface area contributed by atoms with Crippen LogP contribution in [0.1, 0.15) is 24.0 Å². The number of pyridine rings is 1. The fourth-order valence-corrected chi connectivity index (χ4v) is 4.08. The summed E-state index contributed by atoms with van der Waals surface area (Å²) in [5.41, 5.74) is 1.16. The number of benzene rings is 2. The van der Waals surface area contributed by atoms with Gasteiger partial charge in [-0.2, -0.15) is 0 Å². The van der Waals surface area contributed by atoms with Gasteiger partial charge in [0.2, 0.25) is 0 Å². The number of ether oxygens (including phenoxy) is 1. The van der Waals surface area contributed by atoms with Gasteiger partial charge in [-0.05, 0) is 61.2 Å². The van der Waals surface area contributed by atoms with E-state index in [-0.39, 0.29) is 38.2 Å². The van der Waals surface area contributed by atoms with Crippen LogP contribution >= 0.6 is 0 Å². The van der Waals surface area contributed by atoms with Gasteiger partial charge in [0.05, 0.1) is 31.3 Å². The van der Waals surface area contributed by atoms with Crippen molar-refractivity contribution < 1.29 is 32.9 Å². The molecule has 1 aromatic heterocycles. The molecule has 0 fully saturated rings. The van der Waals surface area contributed by atoms with Gasteiger partial charge >= 0.3 is 5.97 Å². The van der Waals surface area contributed by atoms with E-state index < -0.39 is 29.3 Å². The van der Waals surface area contributed by atoms with Crippen LogP contribution < -0.4 is 4.74 Å². The van der Waals surface area contributed by atoms with Gasteiger partial charge in [0.15, 0.2) is 0 Å². The topological polar surface area (TPSA) is 82.9 Å². The lowest BCUT2D eigenvalue weighted by Crippen LogP contribution is -2.35. The Morgan fingerprint density at radius 3 is 2.69 bits per heavy atom. The number of hydrogen-bond acceptors (Lipinski definition) is 5. The number of rotatable bonds is 13. The molecule has 0 aliphatic carbocycles. The summed E-state index contributed by atoms with van der Waals surface area (Å²) in [7, 11) is 1.52. The van der Waals surface area contributed by atoms with Gasteiger partial charge in [0.1, 0.15) is 23.2 Å². The second-order valence-corrected chi connectivity index (χ2v) is 8.45. The molecule has 0 saturated carbocycles. The molecule has 0 radical (unpaired) electrons. The molecule has 0 saturated heterocycles. The number of carboxylic acid groups (broad SMARTS) is 1. The van der Waals surface area contributed by atoms with Gasteiger partial charge in [-0.1, -0.05) is 12.2 Å². The summed E-state index contributed by atoms with van der Waals surface area (Å²) in [6, 6.07) is 8.33. The molecule has 0 bridgehead atoms. The zero-order valence-electron chi connectivity index (χ0n) is 20.0. The summed E-state index contributed by atoms with van der Waals surface area (Å²) in [5, 5.41) is 19.8. The van der Waals surface area contributed by atoms with E-state index in [0.717, 1.165) is 24.4 Å². The Hall–Kier alpha value is -3.43. The minimum Gasteiger partial charge on any atom is -0.497 e. The third kappa shape index (κ3) is 7.29. The summed E-state index contributed by atoms with van der Waals surface area (Å²) in [5.74, 6) is -2.78. The first-order valence-electron chi connectivity index (χ1n) is 11.6. The highest BCUT2D eigenvalue weighted by molar-refractivity contribution is 5.83. The van der Waals surface area contributed by atoms with Crippen LogP contribution in [0.4, 0.5) is 13.2 Å². The van der Waals surface area contributed by atoms with E-state index in [0.29, 0.717) is 35.1 Å². The number of methoxy groups -OCH3 is 1. The molecule has 1 atom stereocenters. The maximum absolute atomic E-state index is 14.6. The minimum atomic E-state index is -1.00. The predicted molar refractivity (Wildman–Crippen MR) is 131 cm³/mol. The highest BCUT2D eigenvalue weighted by Crippen LogP contribution is 2.26. The van der Waals surface area contributed by atoms with Gasteiger partial charge in [-0.3, -0.25) is 14.7 Å². The number of aliphatic carboxylic acids is 1. The van der Waals surface area contributed by atoms with E-state index in [4.69, 9.17) is 4.74 Å². The number of aromatic nitrogens is 1. The van der Waals surface area contributed by atoms with Crippen LogP contribution in [-0.2, 0) is 11.2 Å². The quantitative estimate of drug-likeness (QED) is 0.353. The van der Waals surface area contributed by atoms with Crippen LogP contribution in [0.2, 0.25) is 0 Å². The SMILES string of the molecule is COc1ccc2ncc(F)c(CCCC(CN(CC=Cc3cc(F)ccc3F)CCO)C(=O)O)c2c1.